The van der Waals surface area contributed by atoms with Gasteiger partial charge in [0.25, 0.3) is 0 Å². The third kappa shape index (κ3) is 7.88. The fourth-order valence-electron chi connectivity index (χ4n) is 3.11. The van der Waals surface area contributed by atoms with Crippen molar-refractivity contribution in [3.05, 3.63) is 83.7 Å². The monoisotopic (exact) mass is 410 g/mol. The Labute approximate surface area is 178 Å². The van der Waals surface area contributed by atoms with Crippen molar-refractivity contribution in [1.29, 1.82) is 0 Å². The topological polar surface area (TPSA) is 60.7 Å². The Kier molecular flexibility index (Phi) is 9.88. The zero-order valence-electron chi connectivity index (χ0n) is 17.5. The summed E-state index contributed by atoms with van der Waals surface area (Å²) in [5, 5.41) is 26.9. The standard InChI is InChI=1S/C19H15FO2.C7H16O/c20-19-12-14(11-13-1-6-16(21)7-2-13)3-10-18(19)15-4-8-17(22)9-5-15;1-2-3-4-5-6-7-8/h1-10,12,21-22H,11H2;8H,2-7H2,1H3. The molecule has 0 spiro atoms. The zero-order valence-corrected chi connectivity index (χ0v) is 17.5. The van der Waals surface area contributed by atoms with Crippen LogP contribution in [0.25, 0.3) is 11.1 Å². The van der Waals surface area contributed by atoms with E-state index < -0.39 is 0 Å². The summed E-state index contributed by atoms with van der Waals surface area (Å²) in [5.41, 5.74) is 3.11. The smallest absolute Gasteiger partial charge is 0.131 e. The number of phenolic OH excluding ortho intramolecular Hbond substituents is 2. The highest BCUT2D eigenvalue weighted by Gasteiger charge is 2.07. The van der Waals surface area contributed by atoms with E-state index in [1.165, 1.54) is 31.7 Å². The SMILES string of the molecule is CCCCCCCO.Oc1ccc(Cc2ccc(-c3ccc(O)cc3)c(F)c2)cc1. The Balaban J connectivity index is 0.000000343. The Morgan fingerprint density at radius 2 is 1.27 bits per heavy atom. The fourth-order valence-corrected chi connectivity index (χ4v) is 3.11. The van der Waals surface area contributed by atoms with Gasteiger partial charge in [-0.2, -0.15) is 0 Å². The quantitative estimate of drug-likeness (QED) is 0.374. The molecule has 3 N–H and O–H groups in total. The summed E-state index contributed by atoms with van der Waals surface area (Å²) in [5.74, 6) is 0.0904. The summed E-state index contributed by atoms with van der Waals surface area (Å²) in [4.78, 5) is 0. The summed E-state index contributed by atoms with van der Waals surface area (Å²) in [7, 11) is 0. The molecular weight excluding hydrogens is 379 g/mol. The van der Waals surface area contributed by atoms with E-state index in [9.17, 15) is 14.6 Å². The van der Waals surface area contributed by atoms with Gasteiger partial charge in [0.15, 0.2) is 0 Å². The average Bonchev–Trinajstić information content (AvgIpc) is 2.74. The van der Waals surface area contributed by atoms with Crippen LogP contribution in [0.1, 0.15) is 50.2 Å². The number of benzene rings is 3. The minimum atomic E-state index is -0.290. The first-order valence-electron chi connectivity index (χ1n) is 10.5. The van der Waals surface area contributed by atoms with Crippen LogP contribution in [0.2, 0.25) is 0 Å². The summed E-state index contributed by atoms with van der Waals surface area (Å²) in [6.45, 7) is 2.56. The first-order chi connectivity index (χ1) is 14.5. The van der Waals surface area contributed by atoms with Gasteiger partial charge in [0.1, 0.15) is 17.3 Å². The van der Waals surface area contributed by atoms with Crippen molar-refractivity contribution < 1.29 is 19.7 Å². The third-order valence-corrected chi connectivity index (χ3v) is 4.82. The number of phenols is 2. The molecule has 3 aromatic carbocycles. The Morgan fingerprint density at radius 3 is 1.83 bits per heavy atom. The second kappa shape index (κ2) is 12.7. The van der Waals surface area contributed by atoms with Crippen LogP contribution in [0.4, 0.5) is 4.39 Å². The van der Waals surface area contributed by atoms with Crippen LogP contribution >= 0.6 is 0 Å². The zero-order chi connectivity index (χ0) is 21.8. The second-order valence-electron chi connectivity index (χ2n) is 7.34. The molecule has 0 atom stereocenters. The summed E-state index contributed by atoms with van der Waals surface area (Å²) in [6, 6.07) is 18.5. The predicted octanol–water partition coefficient (Wildman–Crippen LogP) is 6.44. The molecule has 0 saturated carbocycles. The van der Waals surface area contributed by atoms with Gasteiger partial charge in [-0.1, -0.05) is 69.0 Å². The van der Waals surface area contributed by atoms with Crippen molar-refractivity contribution in [2.24, 2.45) is 0 Å². The molecule has 0 radical (unpaired) electrons. The van der Waals surface area contributed by atoms with E-state index in [0.717, 1.165) is 23.1 Å². The number of unbranched alkanes of at least 4 members (excludes halogenated alkanes) is 4. The summed E-state index contributed by atoms with van der Waals surface area (Å²) >= 11 is 0. The predicted molar refractivity (Wildman–Crippen MR) is 120 cm³/mol. The Bertz CT molecular complexity index is 868. The summed E-state index contributed by atoms with van der Waals surface area (Å²) in [6.07, 6.45) is 6.68. The molecule has 0 amide bonds. The van der Waals surface area contributed by atoms with Crippen molar-refractivity contribution in [3.8, 4) is 22.6 Å². The van der Waals surface area contributed by atoms with Gasteiger partial charge >= 0.3 is 0 Å². The number of hydrogen-bond donors (Lipinski definition) is 3. The molecule has 0 aliphatic heterocycles. The van der Waals surface area contributed by atoms with E-state index in [1.807, 2.05) is 18.2 Å². The first kappa shape index (κ1) is 23.4. The lowest BCUT2D eigenvalue weighted by Crippen LogP contribution is -1.91. The highest BCUT2D eigenvalue weighted by Crippen LogP contribution is 2.26. The minimum absolute atomic E-state index is 0.160. The van der Waals surface area contributed by atoms with Crippen LogP contribution < -0.4 is 0 Å². The lowest BCUT2D eigenvalue weighted by molar-refractivity contribution is 0.282. The molecular formula is C26H31FO3. The van der Waals surface area contributed by atoms with Crippen LogP contribution in [0.15, 0.2) is 66.7 Å². The van der Waals surface area contributed by atoms with Crippen molar-refractivity contribution in [2.45, 2.75) is 45.4 Å². The summed E-state index contributed by atoms with van der Waals surface area (Å²) < 4.78 is 14.3. The van der Waals surface area contributed by atoms with Gasteiger partial charge in [-0.25, -0.2) is 4.39 Å². The maximum atomic E-state index is 14.3. The Morgan fingerprint density at radius 1 is 0.700 bits per heavy atom. The van der Waals surface area contributed by atoms with Crippen molar-refractivity contribution in [1.82, 2.24) is 0 Å². The van der Waals surface area contributed by atoms with Gasteiger partial charge < -0.3 is 15.3 Å². The molecule has 0 bridgehead atoms. The Hall–Kier alpha value is -2.85. The molecule has 0 aliphatic rings. The van der Waals surface area contributed by atoms with Crippen molar-refractivity contribution in [3.63, 3.8) is 0 Å². The molecule has 160 valence electrons. The first-order valence-corrected chi connectivity index (χ1v) is 10.5. The van der Waals surface area contributed by atoms with Crippen molar-refractivity contribution >= 4 is 0 Å². The maximum Gasteiger partial charge on any atom is 0.131 e. The van der Waals surface area contributed by atoms with Gasteiger partial charge in [-0.05, 0) is 59.9 Å². The van der Waals surface area contributed by atoms with Crippen molar-refractivity contribution in [2.75, 3.05) is 6.61 Å². The van der Waals surface area contributed by atoms with Crippen LogP contribution in [-0.4, -0.2) is 21.9 Å². The largest absolute Gasteiger partial charge is 0.508 e. The van der Waals surface area contributed by atoms with E-state index in [4.69, 9.17) is 5.11 Å². The molecule has 0 saturated heterocycles. The number of aromatic hydroxyl groups is 2. The number of hydrogen-bond acceptors (Lipinski definition) is 3. The van der Waals surface area contributed by atoms with Gasteiger partial charge in [-0.3, -0.25) is 0 Å². The third-order valence-electron chi connectivity index (χ3n) is 4.82. The van der Waals surface area contributed by atoms with Crippen LogP contribution in [0.5, 0.6) is 11.5 Å². The fraction of sp³-hybridized carbons (Fsp3) is 0.308. The molecule has 3 aromatic rings. The lowest BCUT2D eigenvalue weighted by Gasteiger charge is -2.07. The van der Waals surface area contributed by atoms with Crippen LogP contribution in [-0.2, 0) is 6.42 Å². The van der Waals surface area contributed by atoms with E-state index in [-0.39, 0.29) is 17.3 Å². The van der Waals surface area contributed by atoms with E-state index >= 15 is 0 Å². The molecule has 0 unspecified atom stereocenters. The molecule has 0 fully saturated rings. The van der Waals surface area contributed by atoms with Gasteiger partial charge in [0.2, 0.25) is 0 Å². The van der Waals surface area contributed by atoms with Gasteiger partial charge in [0.05, 0.1) is 0 Å². The molecule has 0 heterocycles. The number of aliphatic hydroxyl groups excluding tert-OH is 1. The average molecular weight is 411 g/mol. The maximum absolute atomic E-state index is 14.3. The lowest BCUT2D eigenvalue weighted by atomic mass is 9.99. The van der Waals surface area contributed by atoms with E-state index in [1.54, 1.807) is 42.5 Å². The van der Waals surface area contributed by atoms with Crippen LogP contribution in [0, 0.1) is 5.82 Å². The van der Waals surface area contributed by atoms with Gasteiger partial charge in [-0.15, -0.1) is 0 Å². The minimum Gasteiger partial charge on any atom is -0.508 e. The van der Waals surface area contributed by atoms with E-state index in [2.05, 4.69) is 6.92 Å². The van der Waals surface area contributed by atoms with E-state index in [0.29, 0.717) is 18.6 Å². The number of aliphatic hydroxyl groups is 1. The molecule has 4 heteroatoms. The van der Waals surface area contributed by atoms with Gasteiger partial charge in [0, 0.05) is 12.2 Å². The normalized spacial score (nSPS) is 10.4. The number of halogens is 1. The highest BCUT2D eigenvalue weighted by molar-refractivity contribution is 5.65. The molecule has 3 rings (SSSR count). The molecule has 0 aliphatic carbocycles. The molecule has 3 nitrogen and oxygen atoms in total. The molecule has 0 aromatic heterocycles. The molecule has 30 heavy (non-hydrogen) atoms. The van der Waals surface area contributed by atoms with Crippen LogP contribution in [0.3, 0.4) is 0 Å². The second-order valence-corrected chi connectivity index (χ2v) is 7.34. The number of rotatable bonds is 8. The highest BCUT2D eigenvalue weighted by atomic mass is 19.1.